The Balaban J connectivity index is 1.63. The van der Waals surface area contributed by atoms with E-state index in [4.69, 9.17) is 17.3 Å². The molecular weight excluding hydrogens is 374 g/mol. The minimum atomic E-state index is 0.166. The Labute approximate surface area is 167 Å². The molecule has 0 amide bonds. The lowest BCUT2D eigenvalue weighted by atomic mass is 10.1. The van der Waals surface area contributed by atoms with Gasteiger partial charge in [0, 0.05) is 16.3 Å². The summed E-state index contributed by atoms with van der Waals surface area (Å²) in [5.74, 6) is 0.166. The standard InChI is InChI=1S/C20H18ClN7/c1-2-15-7-4-8-16(23-15)11-28-12-19(26-27-28)18-10-17(24-20(22)25-18)13-5-3-6-14(21)9-13/h3-10,12H,2,11H2,1H3,(H2,22,24,25). The van der Waals surface area contributed by atoms with Gasteiger partial charge in [-0.2, -0.15) is 0 Å². The molecule has 0 bridgehead atoms. The second kappa shape index (κ2) is 7.74. The van der Waals surface area contributed by atoms with E-state index in [1.165, 1.54) is 0 Å². The molecular formula is C20H18ClN7. The number of hydrogen-bond acceptors (Lipinski definition) is 6. The van der Waals surface area contributed by atoms with Gasteiger partial charge < -0.3 is 5.73 Å². The van der Waals surface area contributed by atoms with E-state index >= 15 is 0 Å². The summed E-state index contributed by atoms with van der Waals surface area (Å²) in [6, 6.07) is 15.2. The second-order valence-electron chi connectivity index (χ2n) is 6.28. The number of aryl methyl sites for hydroxylation is 1. The van der Waals surface area contributed by atoms with Crippen LogP contribution >= 0.6 is 11.6 Å². The van der Waals surface area contributed by atoms with Gasteiger partial charge >= 0.3 is 0 Å². The number of benzene rings is 1. The predicted octanol–water partition coefficient (Wildman–Crippen LogP) is 3.64. The lowest BCUT2D eigenvalue weighted by molar-refractivity contribution is 0.636. The fourth-order valence-electron chi connectivity index (χ4n) is 2.87. The molecule has 3 aromatic heterocycles. The summed E-state index contributed by atoms with van der Waals surface area (Å²) >= 11 is 6.09. The largest absolute Gasteiger partial charge is 0.368 e. The minimum Gasteiger partial charge on any atom is -0.368 e. The molecule has 0 saturated heterocycles. The van der Waals surface area contributed by atoms with E-state index in [2.05, 4.69) is 32.2 Å². The van der Waals surface area contributed by atoms with Crippen LogP contribution in [0.4, 0.5) is 5.95 Å². The first-order chi connectivity index (χ1) is 13.6. The van der Waals surface area contributed by atoms with Crippen molar-refractivity contribution >= 4 is 17.5 Å². The van der Waals surface area contributed by atoms with Gasteiger partial charge in [-0.1, -0.05) is 41.9 Å². The van der Waals surface area contributed by atoms with Crippen LogP contribution in [0.3, 0.4) is 0 Å². The van der Waals surface area contributed by atoms with Gasteiger partial charge in [-0.05, 0) is 36.8 Å². The molecule has 7 nitrogen and oxygen atoms in total. The van der Waals surface area contributed by atoms with Crippen molar-refractivity contribution in [3.63, 3.8) is 0 Å². The number of nitrogen functional groups attached to an aromatic ring is 1. The normalized spacial score (nSPS) is 10.9. The minimum absolute atomic E-state index is 0.166. The Morgan fingerprint density at radius 2 is 1.71 bits per heavy atom. The smallest absolute Gasteiger partial charge is 0.221 e. The number of hydrogen-bond donors (Lipinski definition) is 1. The third-order valence-corrected chi connectivity index (χ3v) is 4.45. The summed E-state index contributed by atoms with van der Waals surface area (Å²) in [6.07, 6.45) is 2.72. The van der Waals surface area contributed by atoms with Crippen LogP contribution < -0.4 is 5.73 Å². The Hall–Kier alpha value is -3.32. The van der Waals surface area contributed by atoms with Crippen LogP contribution in [0.5, 0.6) is 0 Å². The average Bonchev–Trinajstić information content (AvgIpc) is 3.16. The van der Waals surface area contributed by atoms with E-state index in [1.54, 1.807) is 4.68 Å². The van der Waals surface area contributed by atoms with E-state index < -0.39 is 0 Å². The van der Waals surface area contributed by atoms with Crippen LogP contribution in [0.15, 0.2) is 54.7 Å². The van der Waals surface area contributed by atoms with Crippen molar-refractivity contribution in [1.82, 2.24) is 29.9 Å². The summed E-state index contributed by atoms with van der Waals surface area (Å²) in [6.45, 7) is 2.61. The summed E-state index contributed by atoms with van der Waals surface area (Å²) in [7, 11) is 0. The second-order valence-corrected chi connectivity index (χ2v) is 6.72. The molecule has 4 aromatic rings. The Bertz CT molecular complexity index is 1120. The van der Waals surface area contributed by atoms with Gasteiger partial charge in [-0.25, -0.2) is 14.6 Å². The fraction of sp³-hybridized carbons (Fsp3) is 0.150. The molecule has 0 aliphatic carbocycles. The van der Waals surface area contributed by atoms with Gasteiger partial charge in [0.15, 0.2) is 0 Å². The number of nitrogens with two attached hydrogens (primary N) is 1. The van der Waals surface area contributed by atoms with Gasteiger partial charge in [0.1, 0.15) is 5.69 Å². The van der Waals surface area contributed by atoms with Gasteiger partial charge in [0.25, 0.3) is 0 Å². The van der Waals surface area contributed by atoms with Crippen LogP contribution in [0.1, 0.15) is 18.3 Å². The first-order valence-electron chi connectivity index (χ1n) is 8.86. The third-order valence-electron chi connectivity index (χ3n) is 4.22. The van der Waals surface area contributed by atoms with Crippen LogP contribution in [0.2, 0.25) is 5.02 Å². The van der Waals surface area contributed by atoms with Crippen molar-refractivity contribution in [2.45, 2.75) is 19.9 Å². The number of anilines is 1. The molecule has 0 aliphatic rings. The summed E-state index contributed by atoms with van der Waals surface area (Å²) < 4.78 is 1.73. The Kier molecular flexibility index (Phi) is 4.99. The molecule has 0 atom stereocenters. The van der Waals surface area contributed by atoms with Gasteiger partial charge in [-0.3, -0.25) is 4.98 Å². The molecule has 0 radical (unpaired) electrons. The van der Waals surface area contributed by atoms with Crippen LogP contribution in [-0.4, -0.2) is 29.9 Å². The fourth-order valence-corrected chi connectivity index (χ4v) is 3.06. The lowest BCUT2D eigenvalue weighted by Gasteiger charge is -2.05. The monoisotopic (exact) mass is 391 g/mol. The first-order valence-corrected chi connectivity index (χ1v) is 9.24. The zero-order valence-electron chi connectivity index (χ0n) is 15.2. The predicted molar refractivity (Wildman–Crippen MR) is 109 cm³/mol. The molecule has 4 rings (SSSR count). The van der Waals surface area contributed by atoms with E-state index in [0.29, 0.717) is 28.6 Å². The van der Waals surface area contributed by atoms with E-state index in [-0.39, 0.29) is 5.95 Å². The highest BCUT2D eigenvalue weighted by atomic mass is 35.5. The van der Waals surface area contributed by atoms with Crippen molar-refractivity contribution in [1.29, 1.82) is 0 Å². The molecule has 0 fully saturated rings. The number of pyridine rings is 1. The summed E-state index contributed by atoms with van der Waals surface area (Å²) in [4.78, 5) is 13.2. The van der Waals surface area contributed by atoms with Crippen LogP contribution in [0.25, 0.3) is 22.6 Å². The highest BCUT2D eigenvalue weighted by molar-refractivity contribution is 6.30. The zero-order chi connectivity index (χ0) is 19.5. The molecule has 0 aliphatic heterocycles. The number of halogens is 1. The maximum absolute atomic E-state index is 6.09. The Morgan fingerprint density at radius 3 is 2.54 bits per heavy atom. The van der Waals surface area contributed by atoms with Crippen molar-refractivity contribution in [2.24, 2.45) is 0 Å². The van der Waals surface area contributed by atoms with Crippen molar-refractivity contribution in [3.05, 3.63) is 71.1 Å². The Morgan fingerprint density at radius 1 is 0.929 bits per heavy atom. The quantitative estimate of drug-likeness (QED) is 0.558. The topological polar surface area (TPSA) is 95.4 Å². The number of rotatable bonds is 5. The number of aromatic nitrogens is 6. The maximum Gasteiger partial charge on any atom is 0.221 e. The van der Waals surface area contributed by atoms with E-state index in [1.807, 2.05) is 54.7 Å². The van der Waals surface area contributed by atoms with Gasteiger partial charge in [0.05, 0.1) is 29.8 Å². The molecule has 0 unspecified atom stereocenters. The molecule has 28 heavy (non-hydrogen) atoms. The van der Waals surface area contributed by atoms with Crippen molar-refractivity contribution < 1.29 is 0 Å². The highest BCUT2D eigenvalue weighted by Gasteiger charge is 2.11. The zero-order valence-corrected chi connectivity index (χ0v) is 16.0. The average molecular weight is 392 g/mol. The van der Waals surface area contributed by atoms with Crippen LogP contribution in [0, 0.1) is 0 Å². The highest BCUT2D eigenvalue weighted by Crippen LogP contribution is 2.25. The van der Waals surface area contributed by atoms with E-state index in [0.717, 1.165) is 23.4 Å². The summed E-state index contributed by atoms with van der Waals surface area (Å²) in [5, 5.41) is 9.05. The SMILES string of the molecule is CCc1cccc(Cn2cc(-c3cc(-c4cccc(Cl)c4)nc(N)n3)nn2)n1. The van der Waals surface area contributed by atoms with Gasteiger partial charge in [0.2, 0.25) is 5.95 Å². The van der Waals surface area contributed by atoms with Crippen molar-refractivity contribution in [3.8, 4) is 22.6 Å². The number of nitrogens with zero attached hydrogens (tertiary/aromatic N) is 6. The lowest BCUT2D eigenvalue weighted by Crippen LogP contribution is -2.03. The maximum atomic E-state index is 6.09. The molecule has 1 aromatic carbocycles. The molecule has 0 spiro atoms. The molecule has 3 heterocycles. The van der Waals surface area contributed by atoms with Crippen molar-refractivity contribution in [2.75, 3.05) is 5.73 Å². The molecule has 2 N–H and O–H groups in total. The third kappa shape index (κ3) is 3.99. The van der Waals surface area contributed by atoms with Crippen LogP contribution in [-0.2, 0) is 13.0 Å². The van der Waals surface area contributed by atoms with E-state index in [9.17, 15) is 0 Å². The van der Waals surface area contributed by atoms with Gasteiger partial charge in [-0.15, -0.1) is 5.10 Å². The molecule has 140 valence electrons. The first kappa shape index (κ1) is 18.1. The molecule has 8 heteroatoms. The molecule has 0 saturated carbocycles. The summed E-state index contributed by atoms with van der Waals surface area (Å²) in [5.41, 5.74) is 10.6.